The van der Waals surface area contributed by atoms with Crippen LogP contribution < -0.4 is 5.32 Å². The minimum absolute atomic E-state index is 0.299. The van der Waals surface area contributed by atoms with Gasteiger partial charge in [-0.15, -0.1) is 0 Å². The molecule has 3 saturated heterocycles. The van der Waals surface area contributed by atoms with E-state index in [0.29, 0.717) is 22.4 Å². The van der Waals surface area contributed by atoms with Gasteiger partial charge < -0.3 is 10.3 Å². The second kappa shape index (κ2) is 16.0. The summed E-state index contributed by atoms with van der Waals surface area (Å²) in [5.74, 6) is 1.62. The van der Waals surface area contributed by atoms with Gasteiger partial charge in [-0.2, -0.15) is 0 Å². The Hall–Kier alpha value is -2.14. The lowest BCUT2D eigenvalue weighted by Crippen LogP contribution is -2.56. The predicted octanol–water partition coefficient (Wildman–Crippen LogP) is 10.6. The molecule has 47 heavy (non-hydrogen) atoms. The van der Waals surface area contributed by atoms with Crippen LogP contribution in [0.4, 0.5) is 0 Å². The van der Waals surface area contributed by atoms with E-state index in [1.54, 1.807) is 0 Å². The Morgan fingerprint density at radius 1 is 0.745 bits per heavy atom. The van der Waals surface area contributed by atoms with E-state index in [1.807, 2.05) is 6.20 Å². The second-order valence-electron chi connectivity index (χ2n) is 18.1. The molecule has 4 nitrogen and oxygen atoms in total. The molecule has 1 unspecified atom stereocenters. The summed E-state index contributed by atoms with van der Waals surface area (Å²) in [7, 11) is 0. The highest BCUT2D eigenvalue weighted by atomic mass is 15.2. The zero-order chi connectivity index (χ0) is 34.4. The minimum Gasteiger partial charge on any atom is -0.361 e. The van der Waals surface area contributed by atoms with Gasteiger partial charge in [-0.1, -0.05) is 71.0 Å². The van der Waals surface area contributed by atoms with Crippen molar-refractivity contribution >= 4 is 10.9 Å². The fourth-order valence-corrected chi connectivity index (χ4v) is 7.99. The molecule has 2 bridgehead atoms. The van der Waals surface area contributed by atoms with Gasteiger partial charge >= 0.3 is 0 Å². The third-order valence-electron chi connectivity index (χ3n) is 11.0. The van der Waals surface area contributed by atoms with Crippen LogP contribution in [0.1, 0.15) is 137 Å². The first-order valence-corrected chi connectivity index (χ1v) is 18.9. The summed E-state index contributed by atoms with van der Waals surface area (Å²) in [5, 5.41) is 4.85. The molecule has 0 radical (unpaired) electrons. The monoisotopic (exact) mass is 643 g/mol. The molecule has 262 valence electrons. The zero-order valence-corrected chi connectivity index (χ0v) is 32.2. The first-order chi connectivity index (χ1) is 22.0. The van der Waals surface area contributed by atoms with Crippen molar-refractivity contribution in [1.29, 1.82) is 0 Å². The number of H-pyrrole nitrogens is 1. The van der Waals surface area contributed by atoms with E-state index < -0.39 is 0 Å². The standard InChI is InChI=1S/C13H19N.C11H21N.C11H13N.C8H17N/c1-13(2,3)14-9-8-11-6-4-5-7-12(11)10-14;1-11(2,3)12-8-9-4-6-10(12)7-5-9;1-8(2)9-4-3-5-11-10(9)6-7-12-11;1-8(2,3)7-5-4-6-9-7/h4-7H,8-10H2,1-3H3;9-10H,4-8H2,1-3H3;3-8,12H,1-2H3;7,9H,4-6H2,1-3H3. The second-order valence-corrected chi connectivity index (χ2v) is 18.1. The molecule has 4 heteroatoms. The van der Waals surface area contributed by atoms with Crippen LogP contribution >= 0.6 is 0 Å². The molecule has 2 N–H and O–H groups in total. The average Bonchev–Trinajstić information content (AvgIpc) is 3.75. The van der Waals surface area contributed by atoms with Crippen molar-refractivity contribution in [2.75, 3.05) is 19.6 Å². The molecule has 1 aromatic heterocycles. The number of nitrogens with zero attached hydrogens (tertiary/aromatic N) is 2. The number of hydrogen-bond acceptors (Lipinski definition) is 3. The molecule has 4 fully saturated rings. The average molecular weight is 643 g/mol. The first kappa shape index (κ1) is 37.7. The molecule has 1 atom stereocenters. The lowest BCUT2D eigenvalue weighted by molar-refractivity contribution is -0.0163. The van der Waals surface area contributed by atoms with Gasteiger partial charge in [0.15, 0.2) is 0 Å². The molecule has 4 aliphatic heterocycles. The SMILES string of the molecule is CC(C)(C)C1CCCN1.CC(C)(C)N1CC2CCC1CC2.CC(C)(C)N1CCc2ccccc2C1.CC(C)c1cccc2[nH]ccc12. The van der Waals surface area contributed by atoms with Crippen LogP contribution in [-0.4, -0.2) is 57.6 Å². The van der Waals surface area contributed by atoms with Crippen LogP contribution in [0.5, 0.6) is 0 Å². The minimum atomic E-state index is 0.299. The molecular weight excluding hydrogens is 573 g/mol. The summed E-state index contributed by atoms with van der Waals surface area (Å²) in [6.45, 7) is 30.2. The Kier molecular flexibility index (Phi) is 12.9. The van der Waals surface area contributed by atoms with Crippen LogP contribution in [0.3, 0.4) is 0 Å². The third-order valence-corrected chi connectivity index (χ3v) is 11.0. The summed E-state index contributed by atoms with van der Waals surface area (Å²) in [4.78, 5) is 8.49. The van der Waals surface area contributed by atoms with Gasteiger partial charge in [0.1, 0.15) is 0 Å². The lowest BCUT2D eigenvalue weighted by atomic mass is 9.78. The van der Waals surface area contributed by atoms with Crippen LogP contribution in [0.2, 0.25) is 0 Å². The number of nitrogens with one attached hydrogen (secondary N) is 2. The van der Waals surface area contributed by atoms with E-state index in [2.05, 4.69) is 145 Å². The topological polar surface area (TPSA) is 34.3 Å². The normalized spacial score (nSPS) is 23.3. The van der Waals surface area contributed by atoms with Gasteiger partial charge in [0.05, 0.1) is 0 Å². The molecule has 0 spiro atoms. The zero-order valence-electron chi connectivity index (χ0n) is 32.2. The van der Waals surface area contributed by atoms with Gasteiger partial charge in [0.25, 0.3) is 0 Å². The number of aromatic amines is 1. The smallest absolute Gasteiger partial charge is 0.0456 e. The number of fused-ring (bicyclic) bond motifs is 5. The fourth-order valence-electron chi connectivity index (χ4n) is 7.99. The maximum atomic E-state index is 3.50. The van der Waals surface area contributed by atoms with Crippen LogP contribution in [0, 0.1) is 11.3 Å². The van der Waals surface area contributed by atoms with Gasteiger partial charge in [-0.05, 0) is 139 Å². The molecule has 0 amide bonds. The number of rotatable bonds is 1. The molecule has 8 rings (SSSR count). The van der Waals surface area contributed by atoms with Crippen LogP contribution in [0.25, 0.3) is 10.9 Å². The highest BCUT2D eigenvalue weighted by Gasteiger charge is 2.38. The summed E-state index contributed by atoms with van der Waals surface area (Å²) in [5.41, 5.74) is 6.88. The maximum absolute atomic E-state index is 3.50. The fraction of sp³-hybridized carbons (Fsp3) is 0.674. The predicted molar refractivity (Wildman–Crippen MR) is 205 cm³/mol. The Bertz CT molecular complexity index is 1350. The molecule has 5 heterocycles. The van der Waals surface area contributed by atoms with E-state index in [9.17, 15) is 0 Å². The Balaban J connectivity index is 0.000000143. The Labute approximate surface area is 289 Å². The summed E-state index contributed by atoms with van der Waals surface area (Å²) >= 11 is 0. The van der Waals surface area contributed by atoms with Crippen molar-refractivity contribution < 1.29 is 0 Å². The van der Waals surface area contributed by atoms with E-state index in [-0.39, 0.29) is 0 Å². The van der Waals surface area contributed by atoms with Crippen molar-refractivity contribution in [3.8, 4) is 0 Å². The summed E-state index contributed by atoms with van der Waals surface area (Å²) in [6, 6.07) is 19.0. The Morgan fingerprint density at radius 3 is 1.91 bits per heavy atom. The van der Waals surface area contributed by atoms with E-state index in [4.69, 9.17) is 0 Å². The summed E-state index contributed by atoms with van der Waals surface area (Å²) in [6.07, 6.45) is 11.8. The maximum Gasteiger partial charge on any atom is 0.0456 e. The van der Waals surface area contributed by atoms with E-state index in [1.165, 1.54) is 92.2 Å². The lowest BCUT2D eigenvalue weighted by Gasteiger charge is -2.51. The highest BCUT2D eigenvalue weighted by molar-refractivity contribution is 5.83. The largest absolute Gasteiger partial charge is 0.361 e. The van der Waals surface area contributed by atoms with E-state index >= 15 is 0 Å². The first-order valence-electron chi connectivity index (χ1n) is 18.9. The van der Waals surface area contributed by atoms with Crippen molar-refractivity contribution in [1.82, 2.24) is 20.1 Å². The third kappa shape index (κ3) is 10.7. The van der Waals surface area contributed by atoms with Crippen LogP contribution in [0.15, 0.2) is 54.7 Å². The molecule has 1 saturated carbocycles. The number of benzene rings is 2. The van der Waals surface area contributed by atoms with Crippen molar-refractivity contribution in [2.24, 2.45) is 11.3 Å². The van der Waals surface area contributed by atoms with E-state index in [0.717, 1.165) is 24.5 Å². The Morgan fingerprint density at radius 2 is 1.43 bits per heavy atom. The number of aromatic nitrogens is 1. The quantitative estimate of drug-likeness (QED) is 0.277. The molecule has 3 aromatic rings. The van der Waals surface area contributed by atoms with Gasteiger partial charge in [0, 0.05) is 59.9 Å². The van der Waals surface area contributed by atoms with Crippen molar-refractivity contribution in [3.63, 3.8) is 0 Å². The number of hydrogen-bond donors (Lipinski definition) is 2. The highest BCUT2D eigenvalue weighted by Crippen LogP contribution is 2.38. The van der Waals surface area contributed by atoms with Crippen molar-refractivity contribution in [2.45, 2.75) is 157 Å². The summed E-state index contributed by atoms with van der Waals surface area (Å²) < 4.78 is 0. The number of piperidine rings is 2. The van der Waals surface area contributed by atoms with Crippen molar-refractivity contribution in [3.05, 3.63) is 71.4 Å². The molecule has 5 aliphatic rings. The molecular formula is C43H70N4. The van der Waals surface area contributed by atoms with Crippen LogP contribution in [-0.2, 0) is 13.0 Å². The van der Waals surface area contributed by atoms with Gasteiger partial charge in [-0.25, -0.2) is 0 Å². The van der Waals surface area contributed by atoms with Gasteiger partial charge in [-0.3, -0.25) is 9.80 Å². The molecule has 1 aliphatic carbocycles. The van der Waals surface area contributed by atoms with Gasteiger partial charge in [0.2, 0.25) is 0 Å². The molecule has 2 aromatic carbocycles.